The number of rotatable bonds is 5. The van der Waals surface area contributed by atoms with Gasteiger partial charge in [-0.1, -0.05) is 30.3 Å². The second-order valence-electron chi connectivity index (χ2n) is 6.85. The third kappa shape index (κ3) is 3.76. The lowest BCUT2D eigenvalue weighted by Gasteiger charge is -2.39. The molecule has 140 valence electrons. The van der Waals surface area contributed by atoms with Gasteiger partial charge >= 0.3 is 0 Å². The van der Waals surface area contributed by atoms with Gasteiger partial charge in [0.05, 0.1) is 11.6 Å². The quantitative estimate of drug-likeness (QED) is 0.695. The monoisotopic (exact) mass is 372 g/mol. The zero-order valence-corrected chi connectivity index (χ0v) is 15.5. The van der Waals surface area contributed by atoms with Gasteiger partial charge in [-0.3, -0.25) is 9.59 Å². The molecule has 0 aliphatic carbocycles. The van der Waals surface area contributed by atoms with E-state index in [1.54, 1.807) is 30.6 Å². The lowest BCUT2D eigenvalue weighted by atomic mass is 9.98. The van der Waals surface area contributed by atoms with Gasteiger partial charge in [0, 0.05) is 36.0 Å². The summed E-state index contributed by atoms with van der Waals surface area (Å²) in [5.74, 6) is 0.711. The minimum atomic E-state index is -0.0948. The zero-order valence-electron chi connectivity index (χ0n) is 15.5. The van der Waals surface area contributed by atoms with E-state index in [-0.39, 0.29) is 17.6 Å². The van der Waals surface area contributed by atoms with Gasteiger partial charge < -0.3 is 10.2 Å². The first-order valence-corrected chi connectivity index (χ1v) is 9.14. The SMILES string of the molecule is CC(=O)c1ccc(NC(=O)C2CN(c3cc(-c4ccccc4)ncn3)C2)cc1. The van der Waals surface area contributed by atoms with Crippen LogP contribution in [0, 0.1) is 5.92 Å². The van der Waals surface area contributed by atoms with E-state index in [9.17, 15) is 9.59 Å². The summed E-state index contributed by atoms with van der Waals surface area (Å²) in [7, 11) is 0. The molecule has 0 bridgehead atoms. The Morgan fingerprint density at radius 3 is 2.39 bits per heavy atom. The zero-order chi connectivity index (χ0) is 19.5. The summed E-state index contributed by atoms with van der Waals surface area (Å²) in [5, 5.41) is 2.91. The van der Waals surface area contributed by atoms with Crippen LogP contribution in [-0.2, 0) is 4.79 Å². The van der Waals surface area contributed by atoms with Crippen LogP contribution in [0.4, 0.5) is 11.5 Å². The maximum Gasteiger partial charge on any atom is 0.231 e. The molecule has 1 N–H and O–H groups in total. The van der Waals surface area contributed by atoms with Gasteiger partial charge in [0.15, 0.2) is 5.78 Å². The Kier molecular flexibility index (Phi) is 4.85. The first-order valence-electron chi connectivity index (χ1n) is 9.14. The molecule has 2 aromatic carbocycles. The van der Waals surface area contributed by atoms with Crippen LogP contribution < -0.4 is 10.2 Å². The van der Waals surface area contributed by atoms with Crippen LogP contribution in [0.3, 0.4) is 0 Å². The number of Topliss-reactive ketones (excluding diaryl/α,β-unsaturated/α-hetero) is 1. The minimum absolute atomic E-state index is 0.00670. The maximum atomic E-state index is 12.4. The van der Waals surface area contributed by atoms with E-state index in [1.165, 1.54) is 6.92 Å². The largest absolute Gasteiger partial charge is 0.355 e. The topological polar surface area (TPSA) is 75.2 Å². The second-order valence-corrected chi connectivity index (χ2v) is 6.85. The lowest BCUT2D eigenvalue weighted by molar-refractivity contribution is -0.120. The molecular formula is C22H20N4O2. The molecule has 1 aliphatic heterocycles. The van der Waals surface area contributed by atoms with Gasteiger partial charge in [-0.15, -0.1) is 0 Å². The van der Waals surface area contributed by atoms with E-state index in [1.807, 2.05) is 36.4 Å². The Morgan fingerprint density at radius 2 is 1.71 bits per heavy atom. The fourth-order valence-corrected chi connectivity index (χ4v) is 3.15. The van der Waals surface area contributed by atoms with Gasteiger partial charge in [-0.05, 0) is 31.2 Å². The van der Waals surface area contributed by atoms with Crippen molar-refractivity contribution in [3.63, 3.8) is 0 Å². The van der Waals surface area contributed by atoms with Crippen LogP contribution in [0.25, 0.3) is 11.3 Å². The van der Waals surface area contributed by atoms with Gasteiger partial charge in [0.25, 0.3) is 0 Å². The number of anilines is 2. The highest BCUT2D eigenvalue weighted by atomic mass is 16.2. The number of benzene rings is 2. The van der Waals surface area contributed by atoms with Crippen molar-refractivity contribution in [2.45, 2.75) is 6.92 Å². The van der Waals surface area contributed by atoms with E-state index in [2.05, 4.69) is 20.2 Å². The highest BCUT2D eigenvalue weighted by Gasteiger charge is 2.33. The standard InChI is InChI=1S/C22H20N4O2/c1-15(27)16-7-9-19(10-8-16)25-22(28)18-12-26(13-18)21-11-20(23-14-24-21)17-5-3-2-4-6-17/h2-11,14,18H,12-13H2,1H3,(H,25,28). The summed E-state index contributed by atoms with van der Waals surface area (Å²) in [6.07, 6.45) is 1.56. The minimum Gasteiger partial charge on any atom is -0.355 e. The molecule has 0 spiro atoms. The Bertz CT molecular complexity index is 997. The number of nitrogens with one attached hydrogen (secondary N) is 1. The van der Waals surface area contributed by atoms with Gasteiger partial charge in [-0.2, -0.15) is 0 Å². The van der Waals surface area contributed by atoms with E-state index in [4.69, 9.17) is 0 Å². The third-order valence-electron chi connectivity index (χ3n) is 4.86. The van der Waals surface area contributed by atoms with Crippen LogP contribution in [0.5, 0.6) is 0 Å². The van der Waals surface area contributed by atoms with Crippen molar-refractivity contribution in [2.75, 3.05) is 23.3 Å². The average Bonchev–Trinajstić information content (AvgIpc) is 2.68. The molecule has 1 aliphatic rings. The van der Waals surface area contributed by atoms with Gasteiger partial charge in [0.1, 0.15) is 12.1 Å². The predicted molar refractivity (Wildman–Crippen MR) is 108 cm³/mol. The van der Waals surface area contributed by atoms with Crippen LogP contribution in [0.15, 0.2) is 67.0 Å². The highest BCUT2D eigenvalue weighted by Crippen LogP contribution is 2.26. The first-order chi connectivity index (χ1) is 13.6. The van der Waals surface area contributed by atoms with Crippen molar-refractivity contribution in [3.05, 3.63) is 72.6 Å². The molecule has 6 heteroatoms. The van der Waals surface area contributed by atoms with Crippen molar-refractivity contribution in [1.82, 2.24) is 9.97 Å². The highest BCUT2D eigenvalue weighted by molar-refractivity contribution is 5.96. The molecule has 4 rings (SSSR count). The number of carbonyl (C=O) groups is 2. The van der Waals surface area contributed by atoms with Crippen molar-refractivity contribution >= 4 is 23.2 Å². The molecule has 28 heavy (non-hydrogen) atoms. The van der Waals surface area contributed by atoms with Crippen molar-refractivity contribution < 1.29 is 9.59 Å². The fourth-order valence-electron chi connectivity index (χ4n) is 3.15. The Labute approximate surface area is 163 Å². The number of nitrogens with zero attached hydrogens (tertiary/aromatic N) is 3. The number of amides is 1. The molecule has 1 amide bonds. The number of hydrogen-bond donors (Lipinski definition) is 1. The number of hydrogen-bond acceptors (Lipinski definition) is 5. The predicted octanol–water partition coefficient (Wildman–Crippen LogP) is 3.42. The molecule has 1 fully saturated rings. The van der Waals surface area contributed by atoms with E-state index in [0.717, 1.165) is 17.1 Å². The molecule has 3 aromatic rings. The Hall–Kier alpha value is -3.54. The molecule has 6 nitrogen and oxygen atoms in total. The molecule has 0 unspecified atom stereocenters. The molecule has 1 saturated heterocycles. The van der Waals surface area contributed by atoms with Gasteiger partial charge in [0.2, 0.25) is 5.91 Å². The smallest absolute Gasteiger partial charge is 0.231 e. The Balaban J connectivity index is 1.36. The summed E-state index contributed by atoms with van der Waals surface area (Å²) >= 11 is 0. The summed E-state index contributed by atoms with van der Waals surface area (Å²) in [6, 6.07) is 18.8. The fraction of sp³-hybridized carbons (Fsp3) is 0.182. The first kappa shape index (κ1) is 17.9. The van der Waals surface area contributed by atoms with Crippen LogP contribution in [0.2, 0.25) is 0 Å². The summed E-state index contributed by atoms with van der Waals surface area (Å²) in [5.41, 5.74) is 3.23. The molecule has 0 saturated carbocycles. The van der Waals surface area contributed by atoms with Crippen LogP contribution >= 0.6 is 0 Å². The van der Waals surface area contributed by atoms with Crippen molar-refractivity contribution in [3.8, 4) is 11.3 Å². The van der Waals surface area contributed by atoms with Gasteiger partial charge in [-0.25, -0.2) is 9.97 Å². The summed E-state index contributed by atoms with van der Waals surface area (Å²) in [4.78, 5) is 34.5. The number of carbonyl (C=O) groups excluding carboxylic acids is 2. The maximum absolute atomic E-state index is 12.4. The number of aromatic nitrogens is 2. The normalized spacial score (nSPS) is 13.7. The Morgan fingerprint density at radius 1 is 1.00 bits per heavy atom. The lowest BCUT2D eigenvalue weighted by Crippen LogP contribution is -2.52. The number of ketones is 1. The third-order valence-corrected chi connectivity index (χ3v) is 4.86. The molecule has 0 radical (unpaired) electrons. The second kappa shape index (κ2) is 7.60. The van der Waals surface area contributed by atoms with Crippen molar-refractivity contribution in [1.29, 1.82) is 0 Å². The van der Waals surface area contributed by atoms with Crippen molar-refractivity contribution in [2.24, 2.45) is 5.92 Å². The van der Waals surface area contributed by atoms with E-state index >= 15 is 0 Å². The van der Waals surface area contributed by atoms with E-state index in [0.29, 0.717) is 24.3 Å². The van der Waals surface area contributed by atoms with E-state index < -0.39 is 0 Å². The molecule has 0 atom stereocenters. The van der Waals surface area contributed by atoms with Crippen LogP contribution in [-0.4, -0.2) is 34.7 Å². The molecule has 1 aromatic heterocycles. The molecule has 2 heterocycles. The average molecular weight is 372 g/mol. The summed E-state index contributed by atoms with van der Waals surface area (Å²) < 4.78 is 0. The van der Waals surface area contributed by atoms with Crippen LogP contribution in [0.1, 0.15) is 17.3 Å². The molecular weight excluding hydrogens is 352 g/mol. The summed E-state index contributed by atoms with van der Waals surface area (Å²) in [6.45, 7) is 2.75.